The number of halogens is 1. The van der Waals surface area contributed by atoms with E-state index in [4.69, 9.17) is 16.0 Å². The van der Waals surface area contributed by atoms with Crippen LogP contribution in [0.3, 0.4) is 0 Å². The van der Waals surface area contributed by atoms with Gasteiger partial charge in [-0.3, -0.25) is 0 Å². The quantitative estimate of drug-likeness (QED) is 0.873. The summed E-state index contributed by atoms with van der Waals surface area (Å²) in [5, 5.41) is 10.3. The van der Waals surface area contributed by atoms with Crippen molar-refractivity contribution in [2.24, 2.45) is 0 Å². The van der Waals surface area contributed by atoms with E-state index in [1.165, 1.54) is 0 Å². The summed E-state index contributed by atoms with van der Waals surface area (Å²) in [6.07, 6.45) is 0.107. The second-order valence-electron chi connectivity index (χ2n) is 3.64. The molecule has 1 aromatic carbocycles. The first-order chi connectivity index (χ1) is 7.70. The summed E-state index contributed by atoms with van der Waals surface area (Å²) >= 11 is 5.90. The minimum Gasteiger partial charge on any atom is -0.458 e. The molecule has 0 aliphatic carbocycles. The number of hydrogen-bond donors (Lipinski definition) is 1. The zero-order chi connectivity index (χ0) is 11.5. The van der Waals surface area contributed by atoms with E-state index >= 15 is 0 Å². The molecule has 0 amide bonds. The van der Waals surface area contributed by atoms with Gasteiger partial charge < -0.3 is 9.52 Å². The fraction of sp³-hybridized carbons (Fsp3) is 0.231. The van der Waals surface area contributed by atoms with E-state index in [2.05, 4.69) is 0 Å². The highest BCUT2D eigenvalue weighted by Gasteiger charge is 2.11. The van der Waals surface area contributed by atoms with Gasteiger partial charge in [-0.15, -0.1) is 0 Å². The minimum atomic E-state index is -0.534. The zero-order valence-corrected chi connectivity index (χ0v) is 9.74. The Labute approximate surface area is 99.5 Å². The molecule has 3 heteroatoms. The third-order valence-electron chi connectivity index (χ3n) is 2.45. The normalized spacial score (nSPS) is 12.7. The number of furan rings is 1. The second-order valence-corrected chi connectivity index (χ2v) is 4.07. The van der Waals surface area contributed by atoms with Crippen LogP contribution in [-0.4, -0.2) is 5.11 Å². The lowest BCUT2D eigenvalue weighted by Crippen LogP contribution is -1.91. The molecule has 0 saturated carbocycles. The third kappa shape index (κ3) is 2.29. The zero-order valence-electron chi connectivity index (χ0n) is 8.98. The number of hydrogen-bond acceptors (Lipinski definition) is 2. The predicted molar refractivity (Wildman–Crippen MR) is 64.4 cm³/mol. The molecule has 0 radical (unpaired) electrons. The Morgan fingerprint density at radius 3 is 2.81 bits per heavy atom. The standard InChI is InChI=1S/C13H13ClO2/c1-2-11(15)13-7-6-12(16-13)9-4-3-5-10(14)8-9/h3-8,11,15H,2H2,1H3. The van der Waals surface area contributed by atoms with Gasteiger partial charge in [-0.1, -0.05) is 30.7 Å². The Morgan fingerprint density at radius 2 is 2.12 bits per heavy atom. The minimum absolute atomic E-state index is 0.534. The molecule has 0 aliphatic rings. The monoisotopic (exact) mass is 236 g/mol. The van der Waals surface area contributed by atoms with Gasteiger partial charge in [0.25, 0.3) is 0 Å². The molecule has 16 heavy (non-hydrogen) atoms. The number of rotatable bonds is 3. The van der Waals surface area contributed by atoms with E-state index in [1.807, 2.05) is 37.3 Å². The summed E-state index contributed by atoms with van der Waals surface area (Å²) in [5.41, 5.74) is 0.919. The number of aliphatic hydroxyl groups excluding tert-OH is 1. The molecule has 0 saturated heterocycles. The summed E-state index contributed by atoms with van der Waals surface area (Å²) in [7, 11) is 0. The molecule has 1 heterocycles. The summed E-state index contributed by atoms with van der Waals surface area (Å²) in [6.45, 7) is 1.91. The number of benzene rings is 1. The van der Waals surface area contributed by atoms with Gasteiger partial charge in [-0.25, -0.2) is 0 Å². The lowest BCUT2D eigenvalue weighted by Gasteiger charge is -2.03. The largest absolute Gasteiger partial charge is 0.458 e. The van der Waals surface area contributed by atoms with Crippen molar-refractivity contribution in [3.05, 3.63) is 47.2 Å². The molecule has 0 bridgehead atoms. The molecule has 1 N–H and O–H groups in total. The average molecular weight is 237 g/mol. The van der Waals surface area contributed by atoms with Gasteiger partial charge >= 0.3 is 0 Å². The van der Waals surface area contributed by atoms with Crippen molar-refractivity contribution in [2.75, 3.05) is 0 Å². The molecule has 2 rings (SSSR count). The maximum absolute atomic E-state index is 9.62. The fourth-order valence-corrected chi connectivity index (χ4v) is 1.72. The van der Waals surface area contributed by atoms with E-state index in [0.717, 1.165) is 11.3 Å². The van der Waals surface area contributed by atoms with Crippen LogP contribution in [0.5, 0.6) is 0 Å². The second kappa shape index (κ2) is 4.73. The molecule has 0 spiro atoms. The van der Waals surface area contributed by atoms with Crippen LogP contribution in [0.2, 0.25) is 5.02 Å². The lowest BCUT2D eigenvalue weighted by atomic mass is 10.2. The maximum atomic E-state index is 9.62. The summed E-state index contributed by atoms with van der Waals surface area (Å²) in [6, 6.07) is 11.1. The highest BCUT2D eigenvalue weighted by Crippen LogP contribution is 2.27. The third-order valence-corrected chi connectivity index (χ3v) is 2.69. The van der Waals surface area contributed by atoms with Crippen LogP contribution >= 0.6 is 11.6 Å². The molecule has 2 aromatic rings. The van der Waals surface area contributed by atoms with Gasteiger partial charge in [0.1, 0.15) is 17.6 Å². The molecule has 0 fully saturated rings. The van der Waals surface area contributed by atoms with Gasteiger partial charge in [-0.2, -0.15) is 0 Å². The SMILES string of the molecule is CCC(O)c1ccc(-c2cccc(Cl)c2)o1. The molecule has 84 valence electrons. The van der Waals surface area contributed by atoms with Gasteiger partial charge in [0.05, 0.1) is 0 Å². The van der Waals surface area contributed by atoms with Crippen molar-refractivity contribution in [3.63, 3.8) is 0 Å². The van der Waals surface area contributed by atoms with Gasteiger partial charge in [0.2, 0.25) is 0 Å². The highest BCUT2D eigenvalue weighted by molar-refractivity contribution is 6.30. The van der Waals surface area contributed by atoms with Crippen LogP contribution in [0.1, 0.15) is 25.2 Å². The smallest absolute Gasteiger partial charge is 0.134 e. The molecule has 1 unspecified atom stereocenters. The Bertz CT molecular complexity index is 476. The van der Waals surface area contributed by atoms with Crippen LogP contribution in [0.4, 0.5) is 0 Å². The number of aliphatic hydroxyl groups is 1. The van der Waals surface area contributed by atoms with Crippen LogP contribution in [-0.2, 0) is 0 Å². The van der Waals surface area contributed by atoms with E-state index in [0.29, 0.717) is 17.2 Å². The van der Waals surface area contributed by atoms with Gasteiger partial charge in [0, 0.05) is 10.6 Å². The lowest BCUT2D eigenvalue weighted by molar-refractivity contribution is 0.147. The average Bonchev–Trinajstić information content (AvgIpc) is 2.77. The van der Waals surface area contributed by atoms with E-state index in [1.54, 1.807) is 6.07 Å². The Hall–Kier alpha value is -1.25. The van der Waals surface area contributed by atoms with E-state index in [9.17, 15) is 5.11 Å². The fourth-order valence-electron chi connectivity index (χ4n) is 1.53. The van der Waals surface area contributed by atoms with Crippen LogP contribution in [0.25, 0.3) is 11.3 Å². The van der Waals surface area contributed by atoms with E-state index < -0.39 is 6.10 Å². The molecular weight excluding hydrogens is 224 g/mol. The van der Waals surface area contributed by atoms with Crippen molar-refractivity contribution in [1.29, 1.82) is 0 Å². The summed E-state index contributed by atoms with van der Waals surface area (Å²) in [5.74, 6) is 1.32. The first-order valence-corrected chi connectivity index (χ1v) is 5.62. The van der Waals surface area contributed by atoms with Gasteiger partial charge in [0.15, 0.2) is 0 Å². The van der Waals surface area contributed by atoms with Crippen molar-refractivity contribution >= 4 is 11.6 Å². The summed E-state index contributed by atoms with van der Waals surface area (Å²) in [4.78, 5) is 0. The molecule has 1 atom stereocenters. The van der Waals surface area contributed by atoms with Crippen molar-refractivity contribution < 1.29 is 9.52 Å². The molecule has 0 aliphatic heterocycles. The Balaban J connectivity index is 2.31. The molecule has 1 aromatic heterocycles. The first kappa shape index (κ1) is 11.2. The van der Waals surface area contributed by atoms with Crippen molar-refractivity contribution in [2.45, 2.75) is 19.4 Å². The van der Waals surface area contributed by atoms with Crippen LogP contribution < -0.4 is 0 Å². The topological polar surface area (TPSA) is 33.4 Å². The maximum Gasteiger partial charge on any atom is 0.134 e. The van der Waals surface area contributed by atoms with Crippen molar-refractivity contribution in [3.8, 4) is 11.3 Å². The van der Waals surface area contributed by atoms with E-state index in [-0.39, 0.29) is 0 Å². The van der Waals surface area contributed by atoms with Crippen molar-refractivity contribution in [1.82, 2.24) is 0 Å². The first-order valence-electron chi connectivity index (χ1n) is 5.24. The van der Waals surface area contributed by atoms with Crippen LogP contribution in [0.15, 0.2) is 40.8 Å². The molecule has 2 nitrogen and oxygen atoms in total. The Kier molecular flexibility index (Phi) is 3.32. The van der Waals surface area contributed by atoms with Crippen LogP contribution in [0, 0.1) is 0 Å². The highest BCUT2D eigenvalue weighted by atomic mass is 35.5. The summed E-state index contributed by atoms with van der Waals surface area (Å²) < 4.78 is 5.57. The van der Waals surface area contributed by atoms with Gasteiger partial charge in [-0.05, 0) is 30.7 Å². The Morgan fingerprint density at radius 1 is 1.31 bits per heavy atom. The molecular formula is C13H13ClO2. The predicted octanol–water partition coefficient (Wildman–Crippen LogP) is 4.04.